The largest absolute Gasteiger partial charge is 0.389 e. The second-order valence-corrected chi connectivity index (χ2v) is 5.97. The predicted molar refractivity (Wildman–Crippen MR) is 86.6 cm³/mol. The van der Waals surface area contributed by atoms with Gasteiger partial charge in [-0.2, -0.15) is 0 Å². The van der Waals surface area contributed by atoms with Crippen LogP contribution in [0.25, 0.3) is 0 Å². The normalized spacial score (nSPS) is 30.9. The van der Waals surface area contributed by atoms with Gasteiger partial charge in [-0.25, -0.2) is 9.18 Å². The van der Waals surface area contributed by atoms with Gasteiger partial charge in [0.05, 0.1) is 31.4 Å². The van der Waals surface area contributed by atoms with Gasteiger partial charge in [-0.15, -0.1) is 0 Å². The minimum absolute atomic E-state index is 0.283. The van der Waals surface area contributed by atoms with E-state index in [0.717, 1.165) is 0 Å². The number of hydrogen-bond donors (Lipinski definition) is 4. The molecule has 0 unspecified atom stereocenters. The van der Waals surface area contributed by atoms with Crippen LogP contribution in [0.4, 0.5) is 14.9 Å². The highest BCUT2D eigenvalue weighted by molar-refractivity contribution is 5.89. The number of aliphatic hydroxyl groups is 1. The second-order valence-electron chi connectivity index (χ2n) is 5.97. The van der Waals surface area contributed by atoms with Gasteiger partial charge in [0, 0.05) is 19.3 Å². The summed E-state index contributed by atoms with van der Waals surface area (Å²) in [6.45, 7) is 1.27. The summed E-state index contributed by atoms with van der Waals surface area (Å²) in [5.74, 6) is -0.388. The Hall–Kier alpha value is -1.78. The molecule has 1 aromatic carbocycles. The summed E-state index contributed by atoms with van der Waals surface area (Å²) in [4.78, 5) is 12.2. The molecule has 0 saturated carbocycles. The SMILES string of the molecule is COCCN[C@@H]1[C@@H]2OC[C@H](O2)[C@@H](NC(=O)Nc2ccc(F)cc2)[C@@H]1O. The summed E-state index contributed by atoms with van der Waals surface area (Å²) < 4.78 is 29.1. The summed E-state index contributed by atoms with van der Waals surface area (Å²) in [5.41, 5.74) is 0.445. The number of fused-ring (bicyclic) bond motifs is 2. The van der Waals surface area contributed by atoms with Gasteiger partial charge in [-0.1, -0.05) is 0 Å². The van der Waals surface area contributed by atoms with E-state index >= 15 is 0 Å². The predicted octanol–water partition coefficient (Wildman–Crippen LogP) is 0.0364. The van der Waals surface area contributed by atoms with Crippen LogP contribution in [0.1, 0.15) is 0 Å². The minimum Gasteiger partial charge on any atom is -0.389 e. The van der Waals surface area contributed by atoms with Crippen LogP contribution in [-0.2, 0) is 14.2 Å². The van der Waals surface area contributed by atoms with Gasteiger partial charge in [0.2, 0.25) is 0 Å². The van der Waals surface area contributed by atoms with Crippen LogP contribution in [0.15, 0.2) is 24.3 Å². The van der Waals surface area contributed by atoms with Gasteiger partial charge in [0.1, 0.15) is 11.9 Å². The van der Waals surface area contributed by atoms with E-state index in [1.165, 1.54) is 24.3 Å². The molecule has 1 aromatic rings. The third-order valence-corrected chi connectivity index (χ3v) is 4.25. The Morgan fingerprint density at radius 1 is 1.36 bits per heavy atom. The number of carbonyl (C=O) groups is 1. The van der Waals surface area contributed by atoms with Crippen molar-refractivity contribution in [3.8, 4) is 0 Å². The van der Waals surface area contributed by atoms with Crippen LogP contribution in [0, 0.1) is 5.82 Å². The number of ether oxygens (including phenoxy) is 3. The molecule has 2 fully saturated rings. The van der Waals surface area contributed by atoms with Crippen LogP contribution in [-0.4, -0.2) is 68.6 Å². The summed E-state index contributed by atoms with van der Waals surface area (Å²) >= 11 is 0. The maximum atomic E-state index is 12.9. The second kappa shape index (κ2) is 8.07. The number of benzene rings is 1. The summed E-state index contributed by atoms with van der Waals surface area (Å²) in [5, 5.41) is 19.0. The van der Waals surface area contributed by atoms with Crippen LogP contribution >= 0.6 is 0 Å². The molecule has 9 heteroatoms. The van der Waals surface area contributed by atoms with E-state index in [9.17, 15) is 14.3 Å². The van der Waals surface area contributed by atoms with Crippen molar-refractivity contribution in [3.05, 3.63) is 30.1 Å². The molecule has 8 nitrogen and oxygen atoms in total. The maximum Gasteiger partial charge on any atom is 0.319 e. The zero-order chi connectivity index (χ0) is 17.8. The number of amides is 2. The highest BCUT2D eigenvalue weighted by Gasteiger charge is 2.50. The molecule has 138 valence electrons. The molecule has 2 aliphatic heterocycles. The molecule has 0 aliphatic carbocycles. The van der Waals surface area contributed by atoms with E-state index in [1.54, 1.807) is 7.11 Å². The molecule has 2 bridgehead atoms. The van der Waals surface area contributed by atoms with Crippen LogP contribution < -0.4 is 16.0 Å². The lowest BCUT2D eigenvalue weighted by Crippen LogP contribution is -2.65. The minimum atomic E-state index is -0.887. The van der Waals surface area contributed by atoms with Crippen molar-refractivity contribution in [3.63, 3.8) is 0 Å². The number of urea groups is 1. The zero-order valence-corrected chi connectivity index (χ0v) is 13.8. The molecule has 2 aliphatic rings. The van der Waals surface area contributed by atoms with Crippen molar-refractivity contribution in [1.82, 2.24) is 10.6 Å². The topological polar surface area (TPSA) is 101 Å². The van der Waals surface area contributed by atoms with Crippen molar-refractivity contribution in [2.45, 2.75) is 30.6 Å². The first kappa shape index (κ1) is 18.0. The van der Waals surface area contributed by atoms with Crippen molar-refractivity contribution in [2.75, 3.05) is 32.2 Å². The van der Waals surface area contributed by atoms with Crippen LogP contribution in [0.5, 0.6) is 0 Å². The van der Waals surface area contributed by atoms with Gasteiger partial charge in [-0.05, 0) is 24.3 Å². The Bertz CT molecular complexity index is 588. The van der Waals surface area contributed by atoms with E-state index in [1.807, 2.05) is 0 Å². The Morgan fingerprint density at radius 3 is 2.84 bits per heavy atom. The summed E-state index contributed by atoms with van der Waals surface area (Å²) in [6, 6.07) is 3.77. The van der Waals surface area contributed by atoms with E-state index < -0.39 is 36.6 Å². The first-order valence-electron chi connectivity index (χ1n) is 8.09. The number of hydrogen-bond acceptors (Lipinski definition) is 6. The first-order chi connectivity index (χ1) is 12.1. The quantitative estimate of drug-likeness (QED) is 0.538. The van der Waals surface area contributed by atoms with Crippen molar-refractivity contribution in [1.29, 1.82) is 0 Å². The Morgan fingerprint density at radius 2 is 2.12 bits per heavy atom. The molecule has 2 heterocycles. The molecule has 25 heavy (non-hydrogen) atoms. The highest BCUT2D eigenvalue weighted by Crippen LogP contribution is 2.28. The van der Waals surface area contributed by atoms with Gasteiger partial charge < -0.3 is 35.3 Å². The number of methoxy groups -OCH3 is 1. The molecule has 0 spiro atoms. The molecule has 2 amide bonds. The number of anilines is 1. The monoisotopic (exact) mass is 355 g/mol. The van der Waals surface area contributed by atoms with Gasteiger partial charge >= 0.3 is 6.03 Å². The Balaban J connectivity index is 1.60. The zero-order valence-electron chi connectivity index (χ0n) is 13.8. The molecule has 5 atom stereocenters. The lowest BCUT2D eigenvalue weighted by molar-refractivity contribution is -0.151. The lowest BCUT2D eigenvalue weighted by Gasteiger charge is -2.39. The van der Waals surface area contributed by atoms with Crippen LogP contribution in [0.3, 0.4) is 0 Å². The van der Waals surface area contributed by atoms with E-state index in [4.69, 9.17) is 14.2 Å². The Labute approximate surface area is 144 Å². The molecule has 2 saturated heterocycles. The lowest BCUT2D eigenvalue weighted by atomic mass is 9.96. The van der Waals surface area contributed by atoms with E-state index in [-0.39, 0.29) is 12.4 Å². The third kappa shape index (κ3) is 4.25. The number of rotatable bonds is 6. The van der Waals surface area contributed by atoms with E-state index in [0.29, 0.717) is 18.8 Å². The maximum absolute atomic E-state index is 12.9. The van der Waals surface area contributed by atoms with Crippen molar-refractivity contribution in [2.24, 2.45) is 0 Å². The third-order valence-electron chi connectivity index (χ3n) is 4.25. The highest BCUT2D eigenvalue weighted by atomic mass is 19.1. The standard InChI is InChI=1S/C16H22FN3O5/c1-23-7-6-18-13-14(21)12(11-8-24-15(13)25-11)20-16(22)19-10-4-2-9(17)3-5-10/h2-5,11-15,18,21H,6-8H2,1H3,(H2,19,20,22)/t11-,12+,13-,14-,15+/m0/s1. The number of halogens is 1. The number of aliphatic hydroxyl groups excluding tert-OH is 1. The summed E-state index contributed by atoms with van der Waals surface area (Å²) in [7, 11) is 1.59. The average Bonchev–Trinajstić information content (AvgIpc) is 3.03. The summed E-state index contributed by atoms with van der Waals surface area (Å²) in [6.07, 6.45) is -1.88. The fourth-order valence-corrected chi connectivity index (χ4v) is 3.00. The fourth-order valence-electron chi connectivity index (χ4n) is 3.00. The smallest absolute Gasteiger partial charge is 0.319 e. The molecule has 0 aromatic heterocycles. The van der Waals surface area contributed by atoms with E-state index in [2.05, 4.69) is 16.0 Å². The van der Waals surface area contributed by atoms with Crippen molar-refractivity contribution >= 4 is 11.7 Å². The van der Waals surface area contributed by atoms with Gasteiger partial charge in [0.15, 0.2) is 6.29 Å². The average molecular weight is 355 g/mol. The van der Waals surface area contributed by atoms with Gasteiger partial charge in [0.25, 0.3) is 0 Å². The fraction of sp³-hybridized carbons (Fsp3) is 0.562. The van der Waals surface area contributed by atoms with Crippen molar-refractivity contribution < 1.29 is 28.5 Å². The Kier molecular flexibility index (Phi) is 5.82. The van der Waals surface area contributed by atoms with Crippen LogP contribution in [0.2, 0.25) is 0 Å². The first-order valence-corrected chi connectivity index (χ1v) is 8.09. The molecular formula is C16H22FN3O5. The number of carbonyl (C=O) groups excluding carboxylic acids is 1. The molecule has 4 N–H and O–H groups in total. The number of nitrogens with one attached hydrogen (secondary N) is 3. The molecular weight excluding hydrogens is 333 g/mol. The van der Waals surface area contributed by atoms with Gasteiger partial charge in [-0.3, -0.25) is 0 Å². The molecule has 3 rings (SSSR count). The molecule has 0 radical (unpaired) electrons.